The first kappa shape index (κ1) is 23.2. The molecule has 188 valence electrons. The number of hydrogen-bond donors (Lipinski definition) is 2. The second-order valence-electron chi connectivity index (χ2n) is 9.70. The van der Waals surface area contributed by atoms with Gasteiger partial charge >= 0.3 is 0 Å². The lowest BCUT2D eigenvalue weighted by Crippen LogP contribution is -2.50. The van der Waals surface area contributed by atoms with Crippen LogP contribution in [0.25, 0.3) is 33.2 Å². The molecule has 6 rings (SSSR count). The normalized spacial score (nSPS) is 18.5. The summed E-state index contributed by atoms with van der Waals surface area (Å²) >= 11 is 0. The summed E-state index contributed by atoms with van der Waals surface area (Å²) in [4.78, 5) is 15.3. The number of carbonyl (C=O) groups excluding carboxylic acids is 1. The summed E-state index contributed by atoms with van der Waals surface area (Å²) in [5, 5.41) is 19.1. The van der Waals surface area contributed by atoms with E-state index in [1.165, 1.54) is 18.2 Å². The van der Waals surface area contributed by atoms with E-state index in [2.05, 4.69) is 30.7 Å². The van der Waals surface area contributed by atoms with Gasteiger partial charge < -0.3 is 10.2 Å². The Morgan fingerprint density at radius 1 is 1.08 bits per heavy atom. The highest BCUT2D eigenvalue weighted by molar-refractivity contribution is 6.02. The Labute approximate surface area is 210 Å². The Bertz CT molecular complexity index is 1590. The SMILES string of the molecule is CN1C[C@H](Cc2c(F)cccc2F)C[C@@H](NC(=O)c2ccc3[nH]nc(-c4ccc5nonc5c4)c3c2)C1. The third-order valence-electron chi connectivity index (χ3n) is 6.96. The number of likely N-dealkylation sites (tertiary alicyclic amines) is 1. The first-order valence-corrected chi connectivity index (χ1v) is 12.1. The van der Waals surface area contributed by atoms with Gasteiger partial charge in [-0.2, -0.15) is 5.10 Å². The molecule has 0 saturated carbocycles. The van der Waals surface area contributed by atoms with Crippen LogP contribution in [0.2, 0.25) is 0 Å². The van der Waals surface area contributed by atoms with Crippen LogP contribution in [0, 0.1) is 17.6 Å². The van der Waals surface area contributed by atoms with Gasteiger partial charge in [-0.3, -0.25) is 9.89 Å². The van der Waals surface area contributed by atoms with Crippen molar-refractivity contribution in [3.05, 3.63) is 77.4 Å². The minimum atomic E-state index is -0.531. The molecule has 37 heavy (non-hydrogen) atoms. The number of piperidine rings is 1. The molecule has 2 aromatic heterocycles. The molecule has 0 unspecified atom stereocenters. The maximum atomic E-state index is 14.2. The number of carbonyl (C=O) groups is 1. The van der Waals surface area contributed by atoms with E-state index < -0.39 is 11.6 Å². The second-order valence-corrected chi connectivity index (χ2v) is 9.70. The average Bonchev–Trinajstić information content (AvgIpc) is 3.52. The van der Waals surface area contributed by atoms with Gasteiger partial charge in [0.2, 0.25) is 0 Å². The summed E-state index contributed by atoms with van der Waals surface area (Å²) in [7, 11) is 1.95. The van der Waals surface area contributed by atoms with Crippen molar-refractivity contribution in [2.75, 3.05) is 20.1 Å². The maximum absolute atomic E-state index is 14.2. The molecule has 2 atom stereocenters. The van der Waals surface area contributed by atoms with E-state index in [1.54, 1.807) is 12.1 Å². The van der Waals surface area contributed by atoms with Crippen LogP contribution < -0.4 is 5.32 Å². The fourth-order valence-electron chi connectivity index (χ4n) is 5.28. The van der Waals surface area contributed by atoms with Gasteiger partial charge in [-0.25, -0.2) is 13.4 Å². The minimum absolute atomic E-state index is 0.0133. The molecule has 0 spiro atoms. The molecule has 1 saturated heterocycles. The molecule has 1 fully saturated rings. The maximum Gasteiger partial charge on any atom is 0.251 e. The van der Waals surface area contributed by atoms with Crippen molar-refractivity contribution >= 4 is 27.8 Å². The van der Waals surface area contributed by atoms with E-state index in [0.717, 1.165) is 16.5 Å². The van der Waals surface area contributed by atoms with Gasteiger partial charge in [0, 0.05) is 41.2 Å². The Morgan fingerprint density at radius 2 is 1.89 bits per heavy atom. The summed E-state index contributed by atoms with van der Waals surface area (Å²) in [6.45, 7) is 1.36. The Balaban J connectivity index is 1.21. The molecule has 3 aromatic carbocycles. The molecule has 1 aliphatic rings. The fraction of sp³-hybridized carbons (Fsp3) is 0.259. The number of nitrogens with zero attached hydrogens (tertiary/aromatic N) is 4. The number of nitrogens with one attached hydrogen (secondary N) is 2. The lowest BCUT2D eigenvalue weighted by Gasteiger charge is -2.36. The monoisotopic (exact) mass is 502 g/mol. The van der Waals surface area contributed by atoms with Crippen LogP contribution in [0.3, 0.4) is 0 Å². The van der Waals surface area contributed by atoms with Crippen molar-refractivity contribution in [1.82, 2.24) is 30.7 Å². The number of amides is 1. The number of rotatable bonds is 5. The average molecular weight is 503 g/mol. The highest BCUT2D eigenvalue weighted by atomic mass is 19.1. The number of H-pyrrole nitrogens is 1. The molecule has 1 amide bonds. The number of aromatic amines is 1. The zero-order valence-electron chi connectivity index (χ0n) is 20.0. The van der Waals surface area contributed by atoms with Crippen molar-refractivity contribution in [3.63, 3.8) is 0 Å². The topological polar surface area (TPSA) is 99.9 Å². The van der Waals surface area contributed by atoms with Crippen molar-refractivity contribution in [3.8, 4) is 11.3 Å². The van der Waals surface area contributed by atoms with Crippen LogP contribution in [0.1, 0.15) is 22.3 Å². The number of hydrogen-bond acceptors (Lipinski definition) is 6. The number of aromatic nitrogens is 4. The summed E-state index contributed by atoms with van der Waals surface area (Å²) < 4.78 is 33.2. The second kappa shape index (κ2) is 9.36. The lowest BCUT2D eigenvalue weighted by atomic mass is 9.88. The van der Waals surface area contributed by atoms with Crippen molar-refractivity contribution in [1.29, 1.82) is 0 Å². The van der Waals surface area contributed by atoms with E-state index in [9.17, 15) is 13.6 Å². The molecule has 0 aliphatic carbocycles. The third kappa shape index (κ3) is 4.55. The highest BCUT2D eigenvalue weighted by Gasteiger charge is 2.28. The largest absolute Gasteiger partial charge is 0.348 e. The predicted octanol–water partition coefficient (Wildman–Crippen LogP) is 4.34. The van der Waals surface area contributed by atoms with Crippen molar-refractivity contribution in [2.45, 2.75) is 18.9 Å². The Morgan fingerprint density at radius 3 is 2.73 bits per heavy atom. The van der Waals surface area contributed by atoms with Gasteiger partial charge in [0.15, 0.2) is 0 Å². The van der Waals surface area contributed by atoms with Crippen molar-refractivity contribution < 1.29 is 18.2 Å². The fourth-order valence-corrected chi connectivity index (χ4v) is 5.28. The number of likely N-dealkylation sites (N-methyl/N-ethyl adjacent to an activating group) is 1. The zero-order valence-corrected chi connectivity index (χ0v) is 20.0. The van der Waals surface area contributed by atoms with E-state index in [0.29, 0.717) is 41.8 Å². The van der Waals surface area contributed by atoms with E-state index >= 15 is 0 Å². The van der Waals surface area contributed by atoms with Crippen LogP contribution in [0.15, 0.2) is 59.2 Å². The summed E-state index contributed by atoms with van der Waals surface area (Å²) in [5.41, 5.74) is 4.19. The van der Waals surface area contributed by atoms with Gasteiger partial charge in [-0.15, -0.1) is 0 Å². The van der Waals surface area contributed by atoms with Crippen LogP contribution in [0.5, 0.6) is 0 Å². The Hall–Kier alpha value is -4.18. The Kier molecular flexibility index (Phi) is 5.88. The molecule has 2 N–H and O–H groups in total. The molecule has 0 radical (unpaired) electrons. The molecule has 0 bridgehead atoms. The smallest absolute Gasteiger partial charge is 0.251 e. The molecule has 10 heteroatoms. The quantitative estimate of drug-likeness (QED) is 0.371. The molecule has 8 nitrogen and oxygen atoms in total. The zero-order chi connectivity index (χ0) is 25.5. The van der Waals surface area contributed by atoms with E-state index in [-0.39, 0.29) is 29.9 Å². The van der Waals surface area contributed by atoms with E-state index in [4.69, 9.17) is 4.63 Å². The number of halogens is 2. The molecule has 5 aromatic rings. The van der Waals surface area contributed by atoms with Crippen LogP contribution in [0.4, 0.5) is 8.78 Å². The van der Waals surface area contributed by atoms with Crippen molar-refractivity contribution in [2.24, 2.45) is 5.92 Å². The van der Waals surface area contributed by atoms with Gasteiger partial charge in [0.1, 0.15) is 28.4 Å². The molecular formula is C27H24F2N6O2. The van der Waals surface area contributed by atoms with Crippen LogP contribution in [-0.2, 0) is 6.42 Å². The predicted molar refractivity (Wildman–Crippen MR) is 134 cm³/mol. The van der Waals surface area contributed by atoms with Crippen LogP contribution in [-0.4, -0.2) is 57.5 Å². The first-order chi connectivity index (χ1) is 17.9. The minimum Gasteiger partial charge on any atom is -0.348 e. The molecule has 3 heterocycles. The van der Waals surface area contributed by atoms with Gasteiger partial charge in [-0.1, -0.05) is 12.1 Å². The first-order valence-electron chi connectivity index (χ1n) is 12.1. The third-order valence-corrected chi connectivity index (χ3v) is 6.96. The summed E-state index contributed by atoms with van der Waals surface area (Å²) in [6, 6.07) is 14.7. The van der Waals surface area contributed by atoms with Gasteiger partial charge in [-0.05, 0) is 78.6 Å². The standard InChI is InChI=1S/C27H24F2N6O2/c1-35-13-15(10-19-21(28)3-2-4-22(19)29)9-18(14-35)30-27(36)17-6-7-23-20(11-17)26(32-31-23)16-5-8-24-25(12-16)34-37-33-24/h2-8,11-12,15,18H,9-10,13-14H2,1H3,(H,30,36)(H,31,32)/t15-,18+/m0/s1. The number of fused-ring (bicyclic) bond motifs is 2. The van der Waals surface area contributed by atoms with Crippen LogP contribution >= 0.6 is 0 Å². The highest BCUT2D eigenvalue weighted by Crippen LogP contribution is 2.29. The van der Waals surface area contributed by atoms with Gasteiger partial charge in [0.05, 0.1) is 5.52 Å². The summed E-state index contributed by atoms with van der Waals surface area (Å²) in [6.07, 6.45) is 0.916. The molecular weight excluding hydrogens is 478 g/mol. The summed E-state index contributed by atoms with van der Waals surface area (Å²) in [5.74, 6) is -1.25. The lowest BCUT2D eigenvalue weighted by molar-refractivity contribution is 0.0888. The number of benzene rings is 3. The van der Waals surface area contributed by atoms with Gasteiger partial charge in [0.25, 0.3) is 5.91 Å². The molecule has 1 aliphatic heterocycles. The van der Waals surface area contributed by atoms with E-state index in [1.807, 2.05) is 31.3 Å².